The van der Waals surface area contributed by atoms with Crippen LogP contribution in [0.25, 0.3) is 10.9 Å². The van der Waals surface area contributed by atoms with E-state index in [1.54, 1.807) is 0 Å². The number of pyridine rings is 1. The minimum Gasteiger partial charge on any atom is -0.353 e. The van der Waals surface area contributed by atoms with Crippen molar-refractivity contribution in [2.75, 3.05) is 5.32 Å². The number of aryl methyl sites for hydroxylation is 1. The van der Waals surface area contributed by atoms with Crippen molar-refractivity contribution in [2.45, 2.75) is 9.79 Å². The van der Waals surface area contributed by atoms with Crippen LogP contribution in [0.2, 0.25) is 0 Å². The molecule has 0 aliphatic carbocycles. The van der Waals surface area contributed by atoms with E-state index < -0.39 is 0 Å². The van der Waals surface area contributed by atoms with Crippen molar-refractivity contribution in [3.63, 3.8) is 0 Å². The summed E-state index contributed by atoms with van der Waals surface area (Å²) in [5, 5.41) is 4.84. The zero-order chi connectivity index (χ0) is 12.8. The number of aromatic nitrogens is 1. The van der Waals surface area contributed by atoms with Crippen LogP contribution in [-0.2, 0) is 7.05 Å². The van der Waals surface area contributed by atoms with Crippen molar-refractivity contribution in [2.24, 2.45) is 7.05 Å². The lowest BCUT2D eigenvalue weighted by Crippen LogP contribution is -2.29. The fraction of sp³-hybridized carbons (Fsp3) is 0.0625. The predicted octanol–water partition coefficient (Wildman–Crippen LogP) is 3.87. The van der Waals surface area contributed by atoms with E-state index in [0.717, 1.165) is 0 Å². The molecule has 92 valence electrons. The molecule has 0 unspecified atom stereocenters. The molecule has 0 saturated carbocycles. The number of fused-ring (bicyclic) bond motifs is 4. The van der Waals surface area contributed by atoms with Gasteiger partial charge >= 0.3 is 0 Å². The molecule has 0 spiro atoms. The third kappa shape index (κ3) is 1.62. The summed E-state index contributed by atoms with van der Waals surface area (Å²) < 4.78 is 2.19. The summed E-state index contributed by atoms with van der Waals surface area (Å²) in [6, 6.07) is 17.0. The van der Waals surface area contributed by atoms with E-state index in [-0.39, 0.29) is 0 Å². The highest BCUT2D eigenvalue weighted by Crippen LogP contribution is 2.45. The third-order valence-corrected chi connectivity index (χ3v) is 4.58. The summed E-state index contributed by atoms with van der Waals surface area (Å²) in [4.78, 5) is 2.56. The number of rotatable bonds is 0. The van der Waals surface area contributed by atoms with E-state index in [0.29, 0.717) is 0 Å². The Morgan fingerprint density at radius 1 is 0.947 bits per heavy atom. The maximum absolute atomic E-state index is 3.58. The van der Waals surface area contributed by atoms with Crippen LogP contribution in [0.3, 0.4) is 0 Å². The molecule has 4 rings (SSSR count). The van der Waals surface area contributed by atoms with Crippen LogP contribution < -0.4 is 9.88 Å². The average Bonchev–Trinajstić information content (AvgIpc) is 2.46. The summed E-state index contributed by atoms with van der Waals surface area (Å²) >= 11 is 1.83. The summed E-state index contributed by atoms with van der Waals surface area (Å²) in [5.74, 6) is 0. The van der Waals surface area contributed by atoms with Crippen molar-refractivity contribution >= 4 is 34.0 Å². The van der Waals surface area contributed by atoms with Crippen molar-refractivity contribution in [1.29, 1.82) is 0 Å². The molecule has 0 fully saturated rings. The monoisotopic (exact) mass is 265 g/mol. The van der Waals surface area contributed by atoms with E-state index in [9.17, 15) is 0 Å². The molecule has 0 amide bonds. The number of nitrogens with one attached hydrogen (secondary N) is 1. The Balaban J connectivity index is 2.01. The van der Waals surface area contributed by atoms with Crippen molar-refractivity contribution in [3.05, 3.63) is 54.7 Å². The number of nitrogens with zero attached hydrogens (tertiary/aromatic N) is 1. The number of hydrogen-bond acceptors (Lipinski definition) is 2. The second-order valence-corrected chi connectivity index (χ2v) is 5.80. The standard InChI is InChI=1S/C16H12N2S/c1-18-10-15-16(11-6-2-4-8-13(11)18)17-12-7-3-5-9-14(12)19-15/h2-10H,1H3/p+1. The van der Waals surface area contributed by atoms with Gasteiger partial charge in [0.2, 0.25) is 5.52 Å². The number of benzene rings is 2. The second kappa shape index (κ2) is 4.00. The average molecular weight is 265 g/mol. The first-order valence-corrected chi connectivity index (χ1v) is 7.10. The number of para-hydroxylation sites is 2. The third-order valence-electron chi connectivity index (χ3n) is 3.48. The van der Waals surface area contributed by atoms with Gasteiger partial charge in [0.1, 0.15) is 11.9 Å². The summed E-state index contributed by atoms with van der Waals surface area (Å²) in [5.41, 5.74) is 3.66. The quantitative estimate of drug-likeness (QED) is 0.486. The molecule has 1 aromatic heterocycles. The number of anilines is 2. The highest BCUT2D eigenvalue weighted by Gasteiger charge is 2.22. The second-order valence-electron chi connectivity index (χ2n) is 4.72. The molecular formula is C16H13N2S+. The molecule has 19 heavy (non-hydrogen) atoms. The first-order chi connectivity index (χ1) is 9.33. The fourth-order valence-electron chi connectivity index (χ4n) is 2.55. The normalized spacial score (nSPS) is 12.7. The lowest BCUT2D eigenvalue weighted by atomic mass is 10.1. The Morgan fingerprint density at radius 2 is 1.74 bits per heavy atom. The summed E-state index contributed by atoms with van der Waals surface area (Å²) in [7, 11) is 2.10. The molecule has 0 bridgehead atoms. The van der Waals surface area contributed by atoms with Crippen LogP contribution in [0.15, 0.2) is 64.5 Å². The SMILES string of the molecule is C[n+]1cc2c(c3ccccc31)Nc1ccccc1S2. The molecule has 1 aliphatic heterocycles. The van der Waals surface area contributed by atoms with E-state index in [2.05, 4.69) is 71.7 Å². The van der Waals surface area contributed by atoms with Crippen LogP contribution in [0.5, 0.6) is 0 Å². The predicted molar refractivity (Wildman–Crippen MR) is 79.0 cm³/mol. The highest BCUT2D eigenvalue weighted by molar-refractivity contribution is 7.99. The van der Waals surface area contributed by atoms with Gasteiger partial charge in [-0.3, -0.25) is 0 Å². The molecule has 0 saturated heterocycles. The summed E-state index contributed by atoms with van der Waals surface area (Å²) in [6.07, 6.45) is 2.20. The Hall–Kier alpha value is -2.00. The van der Waals surface area contributed by atoms with Gasteiger partial charge in [0.15, 0.2) is 6.20 Å². The molecule has 0 atom stereocenters. The fourth-order valence-corrected chi connectivity index (χ4v) is 3.64. The van der Waals surface area contributed by atoms with Crippen molar-refractivity contribution in [3.8, 4) is 0 Å². The molecule has 1 aliphatic rings. The smallest absolute Gasteiger partial charge is 0.214 e. The minimum atomic E-state index is 1.19. The first kappa shape index (κ1) is 10.9. The van der Waals surface area contributed by atoms with Gasteiger partial charge in [0.25, 0.3) is 0 Å². The van der Waals surface area contributed by atoms with Gasteiger partial charge in [-0.2, -0.15) is 4.57 Å². The van der Waals surface area contributed by atoms with Gasteiger partial charge in [-0.15, -0.1) is 0 Å². The van der Waals surface area contributed by atoms with Crippen molar-refractivity contribution < 1.29 is 4.57 Å². The van der Waals surface area contributed by atoms with E-state index in [1.165, 1.54) is 32.1 Å². The van der Waals surface area contributed by atoms with E-state index >= 15 is 0 Å². The molecule has 3 heteroatoms. The molecule has 0 radical (unpaired) electrons. The van der Waals surface area contributed by atoms with E-state index in [4.69, 9.17) is 0 Å². The molecular weight excluding hydrogens is 252 g/mol. The molecule has 2 heterocycles. The lowest BCUT2D eigenvalue weighted by Gasteiger charge is -2.20. The minimum absolute atomic E-state index is 1.19. The van der Waals surface area contributed by atoms with Crippen molar-refractivity contribution in [1.82, 2.24) is 0 Å². The largest absolute Gasteiger partial charge is 0.353 e. The lowest BCUT2D eigenvalue weighted by molar-refractivity contribution is -0.646. The van der Waals surface area contributed by atoms with Crippen LogP contribution >= 0.6 is 11.8 Å². The maximum atomic E-state index is 3.58. The van der Waals surface area contributed by atoms with Gasteiger partial charge < -0.3 is 5.32 Å². The van der Waals surface area contributed by atoms with E-state index in [1.807, 2.05) is 11.8 Å². The van der Waals surface area contributed by atoms with Gasteiger partial charge in [-0.1, -0.05) is 36.0 Å². The Labute approximate surface area is 116 Å². The first-order valence-electron chi connectivity index (χ1n) is 6.28. The van der Waals surface area contributed by atoms with Crippen LogP contribution in [0.4, 0.5) is 11.4 Å². The topological polar surface area (TPSA) is 15.9 Å². The van der Waals surface area contributed by atoms with Crippen LogP contribution in [0.1, 0.15) is 0 Å². The number of hydrogen-bond donors (Lipinski definition) is 1. The summed E-state index contributed by atoms with van der Waals surface area (Å²) in [6.45, 7) is 0. The van der Waals surface area contributed by atoms with Crippen LogP contribution in [0, 0.1) is 0 Å². The Bertz CT molecular complexity index is 796. The molecule has 1 N–H and O–H groups in total. The maximum Gasteiger partial charge on any atom is 0.214 e. The molecule has 2 nitrogen and oxygen atoms in total. The Kier molecular flexibility index (Phi) is 2.29. The molecule has 3 aromatic rings. The zero-order valence-electron chi connectivity index (χ0n) is 10.6. The van der Waals surface area contributed by atoms with Gasteiger partial charge in [-0.25, -0.2) is 0 Å². The zero-order valence-corrected chi connectivity index (χ0v) is 11.4. The Morgan fingerprint density at radius 3 is 2.68 bits per heavy atom. The highest BCUT2D eigenvalue weighted by atomic mass is 32.2. The molecule has 2 aromatic carbocycles. The van der Waals surface area contributed by atoms with Gasteiger partial charge in [0, 0.05) is 11.0 Å². The van der Waals surface area contributed by atoms with Gasteiger partial charge in [0.05, 0.1) is 16.8 Å². The van der Waals surface area contributed by atoms with Crippen LogP contribution in [-0.4, -0.2) is 0 Å². The van der Waals surface area contributed by atoms with Gasteiger partial charge in [-0.05, 0) is 18.2 Å².